The second-order valence-electron chi connectivity index (χ2n) is 6.09. The summed E-state index contributed by atoms with van der Waals surface area (Å²) in [5.41, 5.74) is 4.75. The van der Waals surface area contributed by atoms with Crippen LogP contribution in [0.25, 0.3) is 0 Å². The molecule has 0 unspecified atom stereocenters. The van der Waals surface area contributed by atoms with Crippen LogP contribution in [0.4, 0.5) is 0 Å². The first-order valence-corrected chi connectivity index (χ1v) is 7.72. The molecular weight excluding hydrogens is 290 g/mol. The molecule has 1 N–H and O–H groups in total. The summed E-state index contributed by atoms with van der Waals surface area (Å²) in [5, 5.41) is 8.99. The van der Waals surface area contributed by atoms with Gasteiger partial charge < -0.3 is 9.88 Å². The minimum absolute atomic E-state index is 0.00931. The Morgan fingerprint density at radius 1 is 1.13 bits per heavy atom. The summed E-state index contributed by atoms with van der Waals surface area (Å²) in [4.78, 5) is 28.9. The molecule has 2 heterocycles. The summed E-state index contributed by atoms with van der Waals surface area (Å²) < 4.78 is 0. The lowest BCUT2D eigenvalue weighted by molar-refractivity contribution is 0.0733. The molecule has 1 aromatic heterocycles. The number of rotatable bonds is 1. The van der Waals surface area contributed by atoms with Crippen molar-refractivity contribution in [2.24, 2.45) is 0 Å². The Morgan fingerprint density at radius 2 is 1.96 bits per heavy atom. The lowest BCUT2D eigenvalue weighted by Crippen LogP contribution is -2.37. The van der Waals surface area contributed by atoms with Crippen LogP contribution < -0.4 is 5.56 Å². The Hall–Kier alpha value is -2.87. The van der Waals surface area contributed by atoms with Crippen molar-refractivity contribution >= 4 is 5.91 Å². The number of nitriles is 1. The maximum Gasteiger partial charge on any atom is 0.266 e. The number of benzene rings is 1. The Kier molecular flexibility index (Phi) is 3.05. The van der Waals surface area contributed by atoms with E-state index in [0.717, 1.165) is 29.7 Å². The Morgan fingerprint density at radius 3 is 2.65 bits per heavy atom. The molecule has 1 aromatic carbocycles. The van der Waals surface area contributed by atoms with E-state index in [0.29, 0.717) is 19.5 Å². The quantitative estimate of drug-likeness (QED) is 0.868. The zero-order valence-electron chi connectivity index (χ0n) is 12.6. The van der Waals surface area contributed by atoms with Crippen LogP contribution in [0, 0.1) is 11.3 Å². The van der Waals surface area contributed by atoms with Crippen LogP contribution >= 0.6 is 0 Å². The topological polar surface area (TPSA) is 77.0 Å². The van der Waals surface area contributed by atoms with Crippen LogP contribution in [0.15, 0.2) is 29.1 Å². The van der Waals surface area contributed by atoms with Gasteiger partial charge in [-0.3, -0.25) is 9.59 Å². The number of hydrogen-bond acceptors (Lipinski definition) is 3. The van der Waals surface area contributed by atoms with Crippen LogP contribution in [0.2, 0.25) is 0 Å². The van der Waals surface area contributed by atoms with Gasteiger partial charge in [-0.15, -0.1) is 0 Å². The predicted octanol–water partition coefficient (Wildman–Crippen LogP) is 1.54. The molecule has 1 aliphatic carbocycles. The van der Waals surface area contributed by atoms with E-state index in [1.54, 1.807) is 11.0 Å². The van der Waals surface area contributed by atoms with E-state index in [1.165, 1.54) is 11.1 Å². The number of aryl methyl sites for hydroxylation is 2. The minimum Gasteiger partial charge on any atom is -0.334 e. The number of hydrogen-bond donors (Lipinski definition) is 1. The first-order chi connectivity index (χ1) is 11.2. The second kappa shape index (κ2) is 5.10. The number of H-pyrrole nitrogens is 1. The molecule has 0 spiro atoms. The van der Waals surface area contributed by atoms with E-state index < -0.39 is 0 Å². The number of amides is 1. The van der Waals surface area contributed by atoms with Crippen molar-refractivity contribution in [1.29, 1.82) is 5.26 Å². The molecule has 5 nitrogen and oxygen atoms in total. The van der Waals surface area contributed by atoms with E-state index >= 15 is 0 Å². The molecule has 0 saturated heterocycles. The largest absolute Gasteiger partial charge is 0.334 e. The van der Waals surface area contributed by atoms with Crippen molar-refractivity contribution < 1.29 is 4.79 Å². The molecule has 0 radical (unpaired) electrons. The SMILES string of the molecule is N#Cc1cc2c([nH]c1=O)CCN(C(=O)c1ccc3c(c1)CC3)C2. The van der Waals surface area contributed by atoms with Gasteiger partial charge >= 0.3 is 0 Å². The van der Waals surface area contributed by atoms with Crippen molar-refractivity contribution in [3.63, 3.8) is 0 Å². The predicted molar refractivity (Wildman–Crippen MR) is 84.1 cm³/mol. The number of fused-ring (bicyclic) bond motifs is 2. The van der Waals surface area contributed by atoms with Crippen LogP contribution in [0.1, 0.15) is 38.3 Å². The number of carbonyl (C=O) groups is 1. The molecule has 1 amide bonds. The van der Waals surface area contributed by atoms with Crippen molar-refractivity contribution in [2.45, 2.75) is 25.8 Å². The summed E-state index contributed by atoms with van der Waals surface area (Å²) in [6.07, 6.45) is 2.75. The normalized spacial score (nSPS) is 15.2. The summed E-state index contributed by atoms with van der Waals surface area (Å²) in [6, 6.07) is 9.42. The van der Waals surface area contributed by atoms with E-state index in [2.05, 4.69) is 4.98 Å². The zero-order valence-corrected chi connectivity index (χ0v) is 12.6. The lowest BCUT2D eigenvalue weighted by atomic mass is 9.87. The number of aromatic nitrogens is 1. The van der Waals surface area contributed by atoms with Gasteiger partial charge in [-0.1, -0.05) is 6.07 Å². The monoisotopic (exact) mass is 305 g/mol. The fourth-order valence-electron chi connectivity index (χ4n) is 3.27. The average Bonchev–Trinajstić information content (AvgIpc) is 2.54. The summed E-state index contributed by atoms with van der Waals surface area (Å²) in [5.74, 6) is 0.00931. The summed E-state index contributed by atoms with van der Waals surface area (Å²) >= 11 is 0. The lowest BCUT2D eigenvalue weighted by Gasteiger charge is -2.29. The third-order valence-corrected chi connectivity index (χ3v) is 4.73. The molecule has 23 heavy (non-hydrogen) atoms. The van der Waals surface area contributed by atoms with Crippen LogP contribution in [-0.2, 0) is 25.8 Å². The molecule has 2 aliphatic rings. The smallest absolute Gasteiger partial charge is 0.266 e. The van der Waals surface area contributed by atoms with Crippen molar-refractivity contribution in [3.05, 3.63) is 68.1 Å². The van der Waals surface area contributed by atoms with E-state index in [4.69, 9.17) is 5.26 Å². The van der Waals surface area contributed by atoms with Gasteiger partial charge in [0.15, 0.2) is 0 Å². The fraction of sp³-hybridized carbons (Fsp3) is 0.278. The van der Waals surface area contributed by atoms with Crippen LogP contribution in [0.3, 0.4) is 0 Å². The van der Waals surface area contributed by atoms with E-state index in [-0.39, 0.29) is 17.0 Å². The maximum atomic E-state index is 12.7. The fourth-order valence-corrected chi connectivity index (χ4v) is 3.27. The van der Waals surface area contributed by atoms with E-state index in [9.17, 15) is 9.59 Å². The molecule has 114 valence electrons. The standard InChI is InChI=1S/C18H15N3O2/c19-9-14-8-15-10-21(6-5-16(15)20-17(14)22)18(23)13-4-2-11-1-3-12(11)7-13/h2,4,7-8H,1,3,5-6,10H2,(H,20,22). The first-order valence-electron chi connectivity index (χ1n) is 7.72. The van der Waals surface area contributed by atoms with Gasteiger partial charge in [0, 0.05) is 30.8 Å². The Balaban J connectivity index is 1.62. The van der Waals surface area contributed by atoms with Crippen molar-refractivity contribution in [1.82, 2.24) is 9.88 Å². The average molecular weight is 305 g/mol. The third kappa shape index (κ3) is 2.23. The van der Waals surface area contributed by atoms with Gasteiger partial charge in [0.25, 0.3) is 11.5 Å². The first kappa shape index (κ1) is 13.8. The van der Waals surface area contributed by atoms with Crippen LogP contribution in [0.5, 0.6) is 0 Å². The Bertz CT molecular complexity index is 921. The highest BCUT2D eigenvalue weighted by molar-refractivity contribution is 5.94. The number of nitrogens with zero attached hydrogens (tertiary/aromatic N) is 2. The molecule has 1 aliphatic heterocycles. The number of nitrogens with one attached hydrogen (secondary N) is 1. The highest BCUT2D eigenvalue weighted by Gasteiger charge is 2.24. The van der Waals surface area contributed by atoms with Gasteiger partial charge in [-0.25, -0.2) is 0 Å². The zero-order chi connectivity index (χ0) is 16.0. The number of aromatic amines is 1. The molecule has 0 saturated carbocycles. The van der Waals surface area contributed by atoms with Gasteiger partial charge in [0.05, 0.1) is 0 Å². The van der Waals surface area contributed by atoms with Crippen molar-refractivity contribution in [2.75, 3.05) is 6.54 Å². The highest BCUT2D eigenvalue weighted by Crippen LogP contribution is 2.25. The molecule has 5 heteroatoms. The summed E-state index contributed by atoms with van der Waals surface area (Å²) in [7, 11) is 0. The van der Waals surface area contributed by atoms with Gasteiger partial charge in [0.2, 0.25) is 0 Å². The van der Waals surface area contributed by atoms with Gasteiger partial charge in [-0.05, 0) is 47.7 Å². The maximum absolute atomic E-state index is 12.7. The van der Waals surface area contributed by atoms with E-state index in [1.807, 2.05) is 24.3 Å². The van der Waals surface area contributed by atoms with Gasteiger partial charge in [0.1, 0.15) is 11.6 Å². The minimum atomic E-state index is -0.353. The molecular formula is C18H15N3O2. The molecule has 0 bridgehead atoms. The molecule has 2 aromatic rings. The van der Waals surface area contributed by atoms with Gasteiger partial charge in [-0.2, -0.15) is 5.26 Å². The highest BCUT2D eigenvalue weighted by atomic mass is 16.2. The number of carbonyl (C=O) groups excluding carboxylic acids is 1. The molecule has 0 fully saturated rings. The van der Waals surface area contributed by atoms with Crippen molar-refractivity contribution in [3.8, 4) is 6.07 Å². The summed E-state index contributed by atoms with van der Waals surface area (Å²) in [6.45, 7) is 1.00. The molecule has 0 atom stereocenters. The van der Waals surface area contributed by atoms with Crippen LogP contribution in [-0.4, -0.2) is 22.3 Å². The molecule has 4 rings (SSSR count). The number of pyridine rings is 1. The Labute approximate surface area is 133 Å². The third-order valence-electron chi connectivity index (χ3n) is 4.73. The second-order valence-corrected chi connectivity index (χ2v) is 6.09.